The van der Waals surface area contributed by atoms with Crippen LogP contribution in [0.25, 0.3) is 0 Å². The topological polar surface area (TPSA) is 15.3 Å². The van der Waals surface area contributed by atoms with Crippen molar-refractivity contribution in [2.45, 2.75) is 64.7 Å². The average Bonchev–Trinajstić information content (AvgIpc) is 2.99. The lowest BCUT2D eigenvalue weighted by atomic mass is 10.1. The van der Waals surface area contributed by atoms with Gasteiger partial charge >= 0.3 is 0 Å². The van der Waals surface area contributed by atoms with Crippen molar-refractivity contribution in [3.63, 3.8) is 0 Å². The van der Waals surface area contributed by atoms with Crippen molar-refractivity contribution in [3.8, 4) is 0 Å². The second-order valence-electron chi connectivity index (χ2n) is 7.68. The monoisotopic (exact) mass is 272 g/mol. The van der Waals surface area contributed by atoms with E-state index in [4.69, 9.17) is 0 Å². The number of fused-ring (bicyclic) bond motifs is 2. The summed E-state index contributed by atoms with van der Waals surface area (Å²) in [5.41, 5.74) is 3.04. The Labute approximate surface area is 123 Å². The molecule has 1 heterocycles. The second-order valence-corrected chi connectivity index (χ2v) is 7.68. The second kappa shape index (κ2) is 5.50. The first-order chi connectivity index (χ1) is 9.49. The summed E-state index contributed by atoms with van der Waals surface area (Å²) in [5.74, 6) is 0.996. The van der Waals surface area contributed by atoms with Gasteiger partial charge in [0.05, 0.1) is 0 Å². The zero-order valence-electron chi connectivity index (χ0n) is 13.2. The summed E-state index contributed by atoms with van der Waals surface area (Å²) >= 11 is 0. The van der Waals surface area contributed by atoms with Crippen molar-refractivity contribution < 1.29 is 0 Å². The largest absolute Gasteiger partial charge is 0.308 e. The number of hydrogen-bond acceptors (Lipinski definition) is 2. The van der Waals surface area contributed by atoms with Crippen LogP contribution in [0.5, 0.6) is 0 Å². The molecule has 1 aliphatic heterocycles. The molecule has 0 aromatic heterocycles. The first kappa shape index (κ1) is 14.1. The minimum Gasteiger partial charge on any atom is -0.308 e. The van der Waals surface area contributed by atoms with E-state index in [0.717, 1.165) is 25.0 Å². The lowest BCUT2D eigenvalue weighted by Crippen LogP contribution is -2.35. The molecular formula is C18H28N2. The van der Waals surface area contributed by atoms with E-state index in [1.807, 2.05) is 0 Å². The Bertz CT molecular complexity index is 443. The van der Waals surface area contributed by atoms with Crippen molar-refractivity contribution in [1.29, 1.82) is 0 Å². The molecule has 0 spiro atoms. The lowest BCUT2D eigenvalue weighted by Gasteiger charge is -2.26. The SMILES string of the molecule is CC(C)(C)NCc1ccc(CN2CC3CCC2C3)cc1. The number of hydrogen-bond donors (Lipinski definition) is 1. The molecule has 1 aliphatic carbocycles. The molecule has 1 saturated carbocycles. The molecule has 110 valence electrons. The van der Waals surface area contributed by atoms with Gasteiger partial charge < -0.3 is 5.32 Å². The van der Waals surface area contributed by atoms with Crippen LogP contribution in [-0.2, 0) is 13.1 Å². The molecule has 3 rings (SSSR count). The molecule has 2 unspecified atom stereocenters. The van der Waals surface area contributed by atoms with Gasteiger partial charge in [0.25, 0.3) is 0 Å². The Kier molecular flexibility index (Phi) is 3.87. The third-order valence-corrected chi connectivity index (χ3v) is 4.75. The minimum absolute atomic E-state index is 0.188. The third-order valence-electron chi connectivity index (χ3n) is 4.75. The van der Waals surface area contributed by atoms with Crippen molar-refractivity contribution in [1.82, 2.24) is 10.2 Å². The van der Waals surface area contributed by atoms with Gasteiger partial charge in [0, 0.05) is 31.2 Å². The summed E-state index contributed by atoms with van der Waals surface area (Å²) in [5, 5.41) is 3.54. The Morgan fingerprint density at radius 3 is 2.35 bits per heavy atom. The van der Waals surface area contributed by atoms with Gasteiger partial charge in [0.15, 0.2) is 0 Å². The smallest absolute Gasteiger partial charge is 0.0236 e. The van der Waals surface area contributed by atoms with Crippen LogP contribution in [0.15, 0.2) is 24.3 Å². The van der Waals surface area contributed by atoms with Crippen LogP contribution in [0.4, 0.5) is 0 Å². The number of likely N-dealkylation sites (tertiary alicyclic amines) is 1. The van der Waals surface area contributed by atoms with Crippen LogP contribution in [0, 0.1) is 5.92 Å². The number of nitrogens with zero attached hydrogens (tertiary/aromatic N) is 1. The normalized spacial score (nSPS) is 26.4. The minimum atomic E-state index is 0.188. The van der Waals surface area contributed by atoms with E-state index < -0.39 is 0 Å². The summed E-state index contributed by atoms with van der Waals surface area (Å²) < 4.78 is 0. The fourth-order valence-electron chi connectivity index (χ4n) is 3.58. The molecule has 1 aromatic rings. The molecule has 0 radical (unpaired) electrons. The molecule has 2 fully saturated rings. The molecule has 0 amide bonds. The maximum atomic E-state index is 3.54. The number of piperidine rings is 1. The van der Waals surface area contributed by atoms with Crippen molar-refractivity contribution in [2.24, 2.45) is 5.92 Å². The van der Waals surface area contributed by atoms with E-state index >= 15 is 0 Å². The molecule has 1 aromatic carbocycles. The van der Waals surface area contributed by atoms with E-state index in [9.17, 15) is 0 Å². The van der Waals surface area contributed by atoms with E-state index in [2.05, 4.69) is 55.3 Å². The maximum absolute atomic E-state index is 3.54. The molecular weight excluding hydrogens is 244 g/mol. The van der Waals surface area contributed by atoms with Gasteiger partial charge in [-0.25, -0.2) is 0 Å². The van der Waals surface area contributed by atoms with Crippen molar-refractivity contribution in [2.75, 3.05) is 6.54 Å². The number of nitrogens with one attached hydrogen (secondary N) is 1. The van der Waals surface area contributed by atoms with Crippen LogP contribution in [0.1, 0.15) is 51.2 Å². The quantitative estimate of drug-likeness (QED) is 0.901. The van der Waals surface area contributed by atoms with Crippen LogP contribution < -0.4 is 5.32 Å². The number of benzene rings is 1. The van der Waals surface area contributed by atoms with Gasteiger partial charge in [-0.3, -0.25) is 4.90 Å². The summed E-state index contributed by atoms with van der Waals surface area (Å²) in [4.78, 5) is 2.69. The standard InChI is InChI=1S/C18H28N2/c1-18(2,3)19-11-14-4-6-15(7-5-14)12-20-13-16-8-9-17(20)10-16/h4-7,16-17,19H,8-13H2,1-3H3. The highest BCUT2D eigenvalue weighted by Crippen LogP contribution is 2.38. The lowest BCUT2D eigenvalue weighted by molar-refractivity contribution is 0.205. The van der Waals surface area contributed by atoms with Gasteiger partial charge in [-0.1, -0.05) is 24.3 Å². The summed E-state index contributed by atoms with van der Waals surface area (Å²) in [6.07, 6.45) is 4.35. The highest BCUT2D eigenvalue weighted by Gasteiger charge is 2.37. The van der Waals surface area contributed by atoms with Gasteiger partial charge in [0.2, 0.25) is 0 Å². The fourth-order valence-corrected chi connectivity index (χ4v) is 3.58. The Morgan fingerprint density at radius 1 is 1.10 bits per heavy atom. The molecule has 2 heteroatoms. The predicted octanol–water partition coefficient (Wildman–Crippen LogP) is 3.56. The van der Waals surface area contributed by atoms with Crippen LogP contribution in [0.2, 0.25) is 0 Å². The van der Waals surface area contributed by atoms with E-state index in [1.54, 1.807) is 0 Å². The average molecular weight is 272 g/mol. The molecule has 2 bridgehead atoms. The molecule has 1 saturated heterocycles. The highest BCUT2D eigenvalue weighted by molar-refractivity contribution is 5.23. The molecule has 2 atom stereocenters. The van der Waals surface area contributed by atoms with Crippen LogP contribution in [-0.4, -0.2) is 23.0 Å². The Morgan fingerprint density at radius 2 is 1.80 bits per heavy atom. The van der Waals surface area contributed by atoms with Gasteiger partial charge in [-0.05, 0) is 57.1 Å². The summed E-state index contributed by atoms with van der Waals surface area (Å²) in [7, 11) is 0. The first-order valence-corrected chi connectivity index (χ1v) is 8.06. The molecule has 1 N–H and O–H groups in total. The zero-order chi connectivity index (χ0) is 14.2. The number of rotatable bonds is 4. The summed E-state index contributed by atoms with van der Waals surface area (Å²) in [6.45, 7) is 10.1. The van der Waals surface area contributed by atoms with Gasteiger partial charge in [-0.15, -0.1) is 0 Å². The molecule has 2 nitrogen and oxygen atoms in total. The zero-order valence-corrected chi connectivity index (χ0v) is 13.2. The van der Waals surface area contributed by atoms with E-state index in [0.29, 0.717) is 0 Å². The predicted molar refractivity (Wildman–Crippen MR) is 84.6 cm³/mol. The third kappa shape index (κ3) is 3.42. The van der Waals surface area contributed by atoms with Crippen molar-refractivity contribution in [3.05, 3.63) is 35.4 Å². The van der Waals surface area contributed by atoms with Crippen molar-refractivity contribution >= 4 is 0 Å². The highest BCUT2D eigenvalue weighted by atomic mass is 15.2. The van der Waals surface area contributed by atoms with Crippen LogP contribution >= 0.6 is 0 Å². The Balaban J connectivity index is 1.54. The fraction of sp³-hybridized carbons (Fsp3) is 0.667. The first-order valence-electron chi connectivity index (χ1n) is 8.06. The summed E-state index contributed by atoms with van der Waals surface area (Å²) in [6, 6.07) is 10.1. The van der Waals surface area contributed by atoms with Crippen LogP contribution in [0.3, 0.4) is 0 Å². The molecule has 2 aliphatic rings. The molecule has 20 heavy (non-hydrogen) atoms. The maximum Gasteiger partial charge on any atom is 0.0236 e. The Hall–Kier alpha value is -0.860. The van der Waals surface area contributed by atoms with Gasteiger partial charge in [0.1, 0.15) is 0 Å². The van der Waals surface area contributed by atoms with E-state index in [1.165, 1.54) is 36.9 Å². The van der Waals surface area contributed by atoms with Gasteiger partial charge in [-0.2, -0.15) is 0 Å². The van der Waals surface area contributed by atoms with E-state index in [-0.39, 0.29) is 5.54 Å².